The van der Waals surface area contributed by atoms with Crippen molar-refractivity contribution >= 4 is 23.4 Å². The van der Waals surface area contributed by atoms with Crippen LogP contribution in [-0.2, 0) is 4.79 Å². The van der Waals surface area contributed by atoms with Crippen LogP contribution in [0.3, 0.4) is 0 Å². The number of nitrogens with one attached hydrogen (secondary N) is 1. The van der Waals surface area contributed by atoms with Crippen molar-refractivity contribution in [3.05, 3.63) is 52.8 Å². The number of H-pyrrole nitrogens is 1. The zero-order chi connectivity index (χ0) is 18.3. The zero-order valence-corrected chi connectivity index (χ0v) is 14.8. The summed E-state index contributed by atoms with van der Waals surface area (Å²) in [4.78, 5) is 43.3. The van der Waals surface area contributed by atoms with E-state index in [0.29, 0.717) is 11.3 Å². The number of imide groups is 1. The van der Waals surface area contributed by atoms with Crippen LogP contribution in [0, 0.1) is 20.8 Å². The van der Waals surface area contributed by atoms with Crippen molar-refractivity contribution in [2.75, 3.05) is 11.4 Å². The van der Waals surface area contributed by atoms with Crippen LogP contribution >= 0.6 is 0 Å². The molecule has 1 saturated heterocycles. The Labute approximate surface area is 146 Å². The highest BCUT2D eigenvalue weighted by Crippen LogP contribution is 2.26. The molecule has 3 amide bonds. The first-order chi connectivity index (χ1) is 11.8. The number of benzene rings is 1. The first kappa shape index (κ1) is 17.0. The van der Waals surface area contributed by atoms with Crippen LogP contribution < -0.4 is 4.90 Å². The molecule has 6 heteroatoms. The summed E-state index contributed by atoms with van der Waals surface area (Å²) in [6.45, 7) is 7.04. The maximum atomic E-state index is 12.7. The van der Waals surface area contributed by atoms with Crippen molar-refractivity contribution in [1.82, 2.24) is 9.88 Å². The largest absolute Gasteiger partial charge is 0.362 e. The van der Waals surface area contributed by atoms with Gasteiger partial charge in [0.25, 0.3) is 5.91 Å². The van der Waals surface area contributed by atoms with Gasteiger partial charge >= 0.3 is 6.03 Å². The van der Waals surface area contributed by atoms with Gasteiger partial charge in [-0.3, -0.25) is 19.4 Å². The van der Waals surface area contributed by atoms with Gasteiger partial charge in [0, 0.05) is 22.6 Å². The Balaban J connectivity index is 1.84. The third kappa shape index (κ3) is 2.95. The molecule has 0 bridgehead atoms. The van der Waals surface area contributed by atoms with Crippen molar-refractivity contribution in [1.29, 1.82) is 0 Å². The van der Waals surface area contributed by atoms with Gasteiger partial charge in [-0.2, -0.15) is 0 Å². The summed E-state index contributed by atoms with van der Waals surface area (Å²) in [6.07, 6.45) is 0. The minimum atomic E-state index is -0.628. The molecule has 1 aliphatic rings. The number of hydrogen-bond acceptors (Lipinski definition) is 3. The summed E-state index contributed by atoms with van der Waals surface area (Å²) >= 11 is 0. The predicted octanol–water partition coefficient (Wildman–Crippen LogP) is 2.98. The third-order valence-corrected chi connectivity index (χ3v) is 4.51. The van der Waals surface area contributed by atoms with Crippen LogP contribution in [0.5, 0.6) is 0 Å². The summed E-state index contributed by atoms with van der Waals surface area (Å²) in [5.74, 6) is -0.606. The van der Waals surface area contributed by atoms with Crippen LogP contribution in [0.1, 0.15) is 34.2 Å². The molecule has 25 heavy (non-hydrogen) atoms. The fourth-order valence-corrected chi connectivity index (χ4v) is 3.15. The number of hydrogen-bond donors (Lipinski definition) is 1. The van der Waals surface area contributed by atoms with E-state index in [1.54, 1.807) is 19.9 Å². The highest BCUT2D eigenvalue weighted by Gasteiger charge is 2.44. The number of amides is 3. The van der Waals surface area contributed by atoms with Gasteiger partial charge in [0.15, 0.2) is 5.78 Å². The number of aromatic nitrogens is 1. The van der Waals surface area contributed by atoms with Crippen molar-refractivity contribution < 1.29 is 14.4 Å². The second-order valence-electron chi connectivity index (χ2n) is 6.50. The molecule has 1 aromatic carbocycles. The molecule has 1 aromatic heterocycles. The van der Waals surface area contributed by atoms with E-state index in [1.165, 1.54) is 4.90 Å². The summed E-state index contributed by atoms with van der Waals surface area (Å²) in [7, 11) is 0. The normalized spacial score (nSPS) is 17.5. The van der Waals surface area contributed by atoms with Crippen molar-refractivity contribution in [3.8, 4) is 0 Å². The van der Waals surface area contributed by atoms with E-state index in [-0.39, 0.29) is 18.2 Å². The fourth-order valence-electron chi connectivity index (χ4n) is 3.15. The standard InChI is InChI=1S/C19H21N3O3/c1-11-5-7-15(8-6-11)22-14(4)18(24)21(19(22)25)10-17(23)16-9-12(2)20-13(16)3/h5-9,14,20H,10H2,1-4H3. The second kappa shape index (κ2) is 6.20. The van der Waals surface area contributed by atoms with E-state index >= 15 is 0 Å². The Morgan fingerprint density at radius 1 is 1.12 bits per heavy atom. The average Bonchev–Trinajstić information content (AvgIpc) is 3.00. The van der Waals surface area contributed by atoms with E-state index in [2.05, 4.69) is 4.98 Å². The summed E-state index contributed by atoms with van der Waals surface area (Å²) in [6, 6.07) is 8.05. The third-order valence-electron chi connectivity index (χ3n) is 4.51. The van der Waals surface area contributed by atoms with Gasteiger partial charge in [0.05, 0.1) is 6.54 Å². The van der Waals surface area contributed by atoms with Gasteiger partial charge in [0.2, 0.25) is 0 Å². The molecule has 3 rings (SSSR count). The fraction of sp³-hybridized carbons (Fsp3) is 0.316. The van der Waals surface area contributed by atoms with Crippen LogP contribution in [0.4, 0.5) is 10.5 Å². The van der Waals surface area contributed by atoms with Gasteiger partial charge in [-0.1, -0.05) is 17.7 Å². The van der Waals surface area contributed by atoms with Crippen molar-refractivity contribution in [2.24, 2.45) is 0 Å². The number of Topliss-reactive ketones (excluding diaryl/α,β-unsaturated/α-hetero) is 1. The quantitative estimate of drug-likeness (QED) is 0.687. The number of aryl methyl sites for hydroxylation is 3. The topological polar surface area (TPSA) is 73.5 Å². The molecule has 0 aliphatic carbocycles. The maximum absolute atomic E-state index is 12.7. The highest BCUT2D eigenvalue weighted by atomic mass is 16.2. The van der Waals surface area contributed by atoms with E-state index in [1.807, 2.05) is 38.1 Å². The number of ketones is 1. The van der Waals surface area contributed by atoms with E-state index in [4.69, 9.17) is 0 Å². The molecule has 130 valence electrons. The van der Waals surface area contributed by atoms with Crippen LogP contribution in [-0.4, -0.2) is 40.2 Å². The lowest BCUT2D eigenvalue weighted by molar-refractivity contribution is -0.126. The predicted molar refractivity (Wildman–Crippen MR) is 94.8 cm³/mol. The molecule has 1 atom stereocenters. The molecular weight excluding hydrogens is 318 g/mol. The molecule has 0 spiro atoms. The summed E-state index contributed by atoms with van der Waals surface area (Å²) in [5, 5.41) is 0. The minimum absolute atomic E-state index is 0.248. The Hall–Kier alpha value is -2.89. The maximum Gasteiger partial charge on any atom is 0.332 e. The Morgan fingerprint density at radius 2 is 1.76 bits per heavy atom. The van der Waals surface area contributed by atoms with E-state index in [0.717, 1.165) is 21.9 Å². The van der Waals surface area contributed by atoms with Gasteiger partial charge < -0.3 is 4.98 Å². The molecular formula is C19H21N3O3. The molecule has 1 aliphatic heterocycles. The van der Waals surface area contributed by atoms with Crippen LogP contribution in [0.15, 0.2) is 30.3 Å². The van der Waals surface area contributed by atoms with Gasteiger partial charge in [-0.05, 0) is 45.9 Å². The number of anilines is 1. The number of nitrogens with zero attached hydrogens (tertiary/aromatic N) is 2. The number of aromatic amines is 1. The molecule has 2 aromatic rings. The lowest BCUT2D eigenvalue weighted by Crippen LogP contribution is -2.37. The average molecular weight is 339 g/mol. The zero-order valence-electron chi connectivity index (χ0n) is 14.8. The molecule has 2 heterocycles. The molecule has 6 nitrogen and oxygen atoms in total. The van der Waals surface area contributed by atoms with Gasteiger partial charge in [-0.15, -0.1) is 0 Å². The molecule has 0 saturated carbocycles. The lowest BCUT2D eigenvalue weighted by atomic mass is 10.1. The Kier molecular flexibility index (Phi) is 4.20. The Bertz CT molecular complexity index is 851. The second-order valence-corrected chi connectivity index (χ2v) is 6.50. The van der Waals surface area contributed by atoms with E-state index < -0.39 is 12.1 Å². The smallest absolute Gasteiger partial charge is 0.332 e. The number of rotatable bonds is 4. The molecule has 1 fully saturated rings. The monoisotopic (exact) mass is 339 g/mol. The molecule has 1 N–H and O–H groups in total. The number of carbonyl (C=O) groups is 3. The van der Waals surface area contributed by atoms with Gasteiger partial charge in [0.1, 0.15) is 6.04 Å². The first-order valence-corrected chi connectivity index (χ1v) is 8.20. The lowest BCUT2D eigenvalue weighted by Gasteiger charge is -2.19. The van der Waals surface area contributed by atoms with Crippen molar-refractivity contribution in [3.63, 3.8) is 0 Å². The number of urea groups is 1. The highest BCUT2D eigenvalue weighted by molar-refractivity contribution is 6.16. The minimum Gasteiger partial charge on any atom is -0.362 e. The summed E-state index contributed by atoms with van der Waals surface area (Å²) in [5.41, 5.74) is 3.85. The molecule has 1 unspecified atom stereocenters. The van der Waals surface area contributed by atoms with Crippen LogP contribution in [0.2, 0.25) is 0 Å². The van der Waals surface area contributed by atoms with Crippen molar-refractivity contribution in [2.45, 2.75) is 33.7 Å². The van der Waals surface area contributed by atoms with Gasteiger partial charge in [-0.25, -0.2) is 4.79 Å². The molecule has 0 radical (unpaired) electrons. The van der Waals surface area contributed by atoms with Crippen LogP contribution in [0.25, 0.3) is 0 Å². The summed E-state index contributed by atoms with van der Waals surface area (Å²) < 4.78 is 0. The SMILES string of the molecule is Cc1ccc(N2C(=O)N(CC(=O)c3cc(C)[nH]c3C)C(=O)C2C)cc1. The Morgan fingerprint density at radius 3 is 2.32 bits per heavy atom. The first-order valence-electron chi connectivity index (χ1n) is 8.20. The number of carbonyl (C=O) groups excluding carboxylic acids is 3. The van der Waals surface area contributed by atoms with E-state index in [9.17, 15) is 14.4 Å².